The lowest BCUT2D eigenvalue weighted by molar-refractivity contribution is -0.0956. The Labute approximate surface area is 144 Å². The minimum Gasteiger partial charge on any atom is -0.496 e. The maximum Gasteiger partial charge on any atom is 0.376 e. The van der Waals surface area contributed by atoms with Crippen LogP contribution in [0.25, 0.3) is 10.9 Å². The van der Waals surface area contributed by atoms with Gasteiger partial charge in [-0.3, -0.25) is 0 Å². The fraction of sp³-hybridized carbons (Fsp3) is 0.471. The molecule has 3 rings (SSSR count). The fourth-order valence-electron chi connectivity index (χ4n) is 3.13. The molecule has 0 atom stereocenters. The smallest absolute Gasteiger partial charge is 0.376 e. The minimum absolute atomic E-state index is 0.213. The van der Waals surface area contributed by atoms with E-state index in [0.717, 1.165) is 5.56 Å². The largest absolute Gasteiger partial charge is 0.496 e. The summed E-state index contributed by atoms with van der Waals surface area (Å²) in [5.41, 5.74) is 0.593. The Bertz CT molecular complexity index is 801. The number of hydrogen-bond donors (Lipinski definition) is 1. The average molecular weight is 348 g/mol. The van der Waals surface area contributed by atoms with E-state index in [-0.39, 0.29) is 11.7 Å². The summed E-state index contributed by atoms with van der Waals surface area (Å²) in [4.78, 5) is 19.6. The van der Waals surface area contributed by atoms with Crippen LogP contribution in [0.1, 0.15) is 29.0 Å². The number of aromatic hydroxyl groups is 1. The number of esters is 1. The zero-order chi connectivity index (χ0) is 18.0. The van der Waals surface area contributed by atoms with Crippen LogP contribution in [0.4, 0.5) is 0 Å². The number of fused-ring (bicyclic) bond motifs is 1. The molecular weight excluding hydrogens is 328 g/mol. The van der Waals surface area contributed by atoms with E-state index in [9.17, 15) is 9.90 Å². The summed E-state index contributed by atoms with van der Waals surface area (Å²) in [6.45, 7) is 1.14. The van der Waals surface area contributed by atoms with Crippen LogP contribution >= 0.6 is 0 Å². The van der Waals surface area contributed by atoms with Gasteiger partial charge in [0.05, 0.1) is 25.1 Å². The Morgan fingerprint density at radius 1 is 1.20 bits per heavy atom. The van der Waals surface area contributed by atoms with Crippen LogP contribution in [0.3, 0.4) is 0 Å². The number of aromatic nitrogens is 2. The number of nitrogens with zero attached hydrogens (tertiary/aromatic N) is 2. The Morgan fingerprint density at radius 2 is 1.92 bits per heavy atom. The van der Waals surface area contributed by atoms with Crippen molar-refractivity contribution in [2.45, 2.75) is 18.4 Å². The highest BCUT2D eigenvalue weighted by Gasteiger charge is 2.37. The summed E-state index contributed by atoms with van der Waals surface area (Å²) >= 11 is 0. The quantitative estimate of drug-likeness (QED) is 0.835. The van der Waals surface area contributed by atoms with Crippen molar-refractivity contribution >= 4 is 16.9 Å². The molecule has 1 aromatic heterocycles. The minimum atomic E-state index is -0.724. The summed E-state index contributed by atoms with van der Waals surface area (Å²) in [5, 5.41) is 10.7. The number of hydrogen-bond acceptors (Lipinski definition) is 8. The van der Waals surface area contributed by atoms with Crippen molar-refractivity contribution in [1.82, 2.24) is 9.97 Å². The molecule has 0 unspecified atom stereocenters. The Kier molecular flexibility index (Phi) is 4.73. The third kappa shape index (κ3) is 2.98. The van der Waals surface area contributed by atoms with Gasteiger partial charge in [0.2, 0.25) is 11.7 Å². The van der Waals surface area contributed by atoms with Gasteiger partial charge in [0.1, 0.15) is 11.4 Å². The Balaban J connectivity index is 2.20. The molecule has 0 spiro atoms. The molecule has 0 aliphatic carbocycles. The third-order valence-electron chi connectivity index (χ3n) is 4.55. The molecule has 8 nitrogen and oxygen atoms in total. The van der Waals surface area contributed by atoms with Gasteiger partial charge in [-0.15, -0.1) is 0 Å². The molecule has 0 amide bonds. The number of ether oxygens (including phenoxy) is 4. The van der Waals surface area contributed by atoms with Crippen molar-refractivity contribution in [3.63, 3.8) is 0 Å². The first-order valence-corrected chi connectivity index (χ1v) is 7.85. The molecule has 134 valence electrons. The third-order valence-corrected chi connectivity index (χ3v) is 4.55. The van der Waals surface area contributed by atoms with Crippen LogP contribution in [0.5, 0.6) is 11.6 Å². The lowest BCUT2D eigenvalue weighted by atomic mass is 9.84. The van der Waals surface area contributed by atoms with E-state index in [1.54, 1.807) is 26.4 Å². The monoisotopic (exact) mass is 348 g/mol. The fourth-order valence-corrected chi connectivity index (χ4v) is 3.13. The Morgan fingerprint density at radius 3 is 2.52 bits per heavy atom. The number of carbonyl (C=O) groups is 1. The van der Waals surface area contributed by atoms with Gasteiger partial charge in [-0.2, -0.15) is 4.98 Å². The number of methoxy groups -OCH3 is 3. The first-order chi connectivity index (χ1) is 12.0. The second-order valence-electron chi connectivity index (χ2n) is 5.74. The SMILES string of the molecule is COC(=O)c1nc(O)c2cc(C3(OC)CCOCC3)c(OC)cc2n1. The van der Waals surface area contributed by atoms with E-state index in [0.29, 0.717) is 42.7 Å². The van der Waals surface area contributed by atoms with Crippen molar-refractivity contribution in [2.75, 3.05) is 34.5 Å². The van der Waals surface area contributed by atoms with Crippen molar-refractivity contribution in [1.29, 1.82) is 0 Å². The normalized spacial score (nSPS) is 16.6. The predicted molar refractivity (Wildman–Crippen MR) is 87.8 cm³/mol. The van der Waals surface area contributed by atoms with Gasteiger partial charge in [0.15, 0.2) is 0 Å². The molecule has 1 fully saturated rings. The van der Waals surface area contributed by atoms with E-state index >= 15 is 0 Å². The molecule has 0 bridgehead atoms. The zero-order valence-electron chi connectivity index (χ0n) is 14.4. The van der Waals surface area contributed by atoms with Crippen LogP contribution < -0.4 is 4.74 Å². The molecule has 1 N–H and O–H groups in total. The van der Waals surface area contributed by atoms with Crippen LogP contribution in [0.15, 0.2) is 12.1 Å². The molecule has 8 heteroatoms. The highest BCUT2D eigenvalue weighted by Crippen LogP contribution is 2.42. The van der Waals surface area contributed by atoms with Crippen molar-refractivity contribution < 1.29 is 28.8 Å². The number of carbonyl (C=O) groups excluding carboxylic acids is 1. The van der Waals surface area contributed by atoms with Crippen LogP contribution in [-0.2, 0) is 19.8 Å². The van der Waals surface area contributed by atoms with E-state index in [2.05, 4.69) is 14.7 Å². The number of rotatable bonds is 4. The van der Waals surface area contributed by atoms with E-state index < -0.39 is 11.6 Å². The topological polar surface area (TPSA) is 100 Å². The average Bonchev–Trinajstić information content (AvgIpc) is 2.66. The molecule has 0 saturated carbocycles. The van der Waals surface area contributed by atoms with E-state index in [1.807, 2.05) is 0 Å². The molecule has 1 saturated heterocycles. The van der Waals surface area contributed by atoms with Crippen molar-refractivity contribution in [2.24, 2.45) is 0 Å². The summed E-state index contributed by atoms with van der Waals surface area (Å²) in [6, 6.07) is 3.41. The summed E-state index contributed by atoms with van der Waals surface area (Å²) in [6.07, 6.45) is 1.32. The summed E-state index contributed by atoms with van der Waals surface area (Å²) in [5.74, 6) is -0.675. The van der Waals surface area contributed by atoms with Gasteiger partial charge in [0.25, 0.3) is 0 Å². The van der Waals surface area contributed by atoms with Crippen molar-refractivity contribution in [3.8, 4) is 11.6 Å². The second-order valence-corrected chi connectivity index (χ2v) is 5.74. The second kappa shape index (κ2) is 6.81. The first-order valence-electron chi connectivity index (χ1n) is 7.85. The first kappa shape index (κ1) is 17.4. The van der Waals surface area contributed by atoms with Gasteiger partial charge in [0, 0.05) is 44.8 Å². The maximum absolute atomic E-state index is 11.7. The molecule has 0 radical (unpaired) electrons. The standard InChI is InChI=1S/C17H20N2O6/c1-22-13-9-12-10(15(20)19-14(18-12)16(21)23-2)8-11(13)17(24-3)4-6-25-7-5-17/h8-9H,4-7H2,1-3H3,(H,18,19,20). The highest BCUT2D eigenvalue weighted by molar-refractivity contribution is 5.92. The molecule has 1 aliphatic heterocycles. The highest BCUT2D eigenvalue weighted by atomic mass is 16.5. The maximum atomic E-state index is 11.7. The Hall–Kier alpha value is -2.45. The van der Waals surface area contributed by atoms with Crippen LogP contribution in [0, 0.1) is 0 Å². The van der Waals surface area contributed by atoms with Gasteiger partial charge in [-0.05, 0) is 6.07 Å². The van der Waals surface area contributed by atoms with Crippen LogP contribution in [-0.4, -0.2) is 55.6 Å². The van der Waals surface area contributed by atoms with Gasteiger partial charge < -0.3 is 24.1 Å². The van der Waals surface area contributed by atoms with Crippen LogP contribution in [0.2, 0.25) is 0 Å². The molecular formula is C17H20N2O6. The molecule has 2 aromatic rings. The predicted octanol–water partition coefficient (Wildman–Crippen LogP) is 1.78. The van der Waals surface area contributed by atoms with E-state index in [1.165, 1.54) is 7.11 Å². The lowest BCUT2D eigenvalue weighted by Crippen LogP contribution is -2.36. The van der Waals surface area contributed by atoms with Gasteiger partial charge in [-0.25, -0.2) is 9.78 Å². The number of benzene rings is 1. The molecule has 25 heavy (non-hydrogen) atoms. The van der Waals surface area contributed by atoms with Crippen molar-refractivity contribution in [3.05, 3.63) is 23.5 Å². The zero-order valence-corrected chi connectivity index (χ0v) is 14.4. The van der Waals surface area contributed by atoms with Gasteiger partial charge >= 0.3 is 5.97 Å². The van der Waals surface area contributed by atoms with E-state index in [4.69, 9.17) is 14.2 Å². The lowest BCUT2D eigenvalue weighted by Gasteiger charge is -2.37. The molecule has 1 aromatic carbocycles. The summed E-state index contributed by atoms with van der Waals surface area (Å²) < 4.78 is 21.4. The van der Waals surface area contributed by atoms with Gasteiger partial charge in [-0.1, -0.05) is 0 Å². The molecule has 1 aliphatic rings. The summed E-state index contributed by atoms with van der Waals surface area (Å²) in [7, 11) is 4.42. The molecule has 2 heterocycles.